The van der Waals surface area contributed by atoms with Gasteiger partial charge in [-0.15, -0.1) is 0 Å². The molecule has 0 saturated carbocycles. The molecule has 20 aromatic rings. The molecule has 10 aromatic carbocycles. The molecule has 0 unspecified atom stereocenters. The summed E-state index contributed by atoms with van der Waals surface area (Å²) >= 11 is 0. The highest BCUT2D eigenvalue weighted by atomic mass is 15.1. The lowest BCUT2D eigenvalue weighted by Gasteiger charge is -2.13. The van der Waals surface area contributed by atoms with E-state index in [9.17, 15) is 0 Å². The summed E-state index contributed by atoms with van der Waals surface area (Å²) in [6.07, 6.45) is 7.07. The van der Waals surface area contributed by atoms with E-state index in [0.29, 0.717) is 121 Å². The third-order valence-electron chi connectivity index (χ3n) is 19.8. The molecule has 0 atom stereocenters. The highest BCUT2D eigenvalue weighted by molar-refractivity contribution is 5.84. The summed E-state index contributed by atoms with van der Waals surface area (Å²) in [6.45, 7) is 0. The lowest BCUT2D eigenvalue weighted by atomic mass is 10.0. The minimum Gasteiger partial charge on any atom is -0.255 e. The Morgan fingerprint density at radius 1 is 0.117 bits per heavy atom. The normalized spacial score (nSPS) is 11.0. The van der Waals surface area contributed by atoms with Crippen molar-refractivity contribution in [2.24, 2.45) is 0 Å². The van der Waals surface area contributed by atoms with Gasteiger partial charge in [-0.1, -0.05) is 303 Å². The summed E-state index contributed by atoms with van der Waals surface area (Å²) in [4.78, 5) is 89.2. The van der Waals surface area contributed by atoms with Gasteiger partial charge in [0, 0.05) is 91.5 Å². The highest BCUT2D eigenvalue weighted by Crippen LogP contribution is 2.38. The lowest BCUT2D eigenvalue weighted by molar-refractivity contribution is 1.07. The van der Waals surface area contributed by atoms with Gasteiger partial charge in [0.2, 0.25) is 0 Å². The molecule has 0 aliphatic rings. The molecule has 0 bridgehead atoms. The molecule has 18 heteroatoms. The van der Waals surface area contributed by atoms with E-state index in [1.165, 1.54) is 0 Å². The van der Waals surface area contributed by atoms with Crippen molar-refractivity contribution in [2.75, 3.05) is 0 Å². The molecule has 10 heterocycles. The number of benzene rings is 10. The first-order chi connectivity index (χ1) is 59.4. The fourth-order valence-electron chi connectivity index (χ4n) is 13.8. The van der Waals surface area contributed by atoms with Crippen molar-refractivity contribution in [3.8, 4) is 204 Å². The Balaban J connectivity index is 0.000000159. The molecule has 0 spiro atoms. The van der Waals surface area contributed by atoms with E-state index in [1.807, 2.05) is 328 Å². The maximum Gasteiger partial charge on any atom is 0.166 e. The number of pyridine rings is 6. The van der Waals surface area contributed by atoms with Gasteiger partial charge in [0.25, 0.3) is 0 Å². The quantitative estimate of drug-likeness (QED) is 0.0777. The van der Waals surface area contributed by atoms with Crippen LogP contribution in [-0.2, 0) is 0 Å². The molecule has 0 aliphatic carbocycles. The monoisotopic (exact) mass is 1540 g/mol. The predicted octanol–water partition coefficient (Wildman–Crippen LogP) is 22.5. The molecule has 20 rings (SSSR count). The number of hydrogen-bond donors (Lipinski definition) is 0. The van der Waals surface area contributed by atoms with E-state index >= 15 is 0 Å². The fraction of sp³-hybridized carbons (Fsp3) is 0. The number of hydrogen-bond acceptors (Lipinski definition) is 18. The van der Waals surface area contributed by atoms with Crippen molar-refractivity contribution < 1.29 is 0 Å². The maximum atomic E-state index is 5.26. The van der Waals surface area contributed by atoms with Gasteiger partial charge < -0.3 is 0 Å². The van der Waals surface area contributed by atoms with Crippen LogP contribution in [-0.4, -0.2) is 89.7 Å². The summed E-state index contributed by atoms with van der Waals surface area (Å²) in [5, 5.41) is 0. The van der Waals surface area contributed by atoms with Gasteiger partial charge >= 0.3 is 0 Å². The SMILES string of the molecule is c1ccc(-c2cc(-c3cc(-c4nc(-c5ccccc5)nc(-c5ccccc5)n4)ccn3)nc(-c3cc(-c4nc(-c5ccccc5)nc(-c5ccccc5)n4)ccn3)c2)cc1.c1ccc(-c2cc(-c3cc(-c4nc(-c5ccccc5)nc(-c5ccccc5)n4)ccn3)nc(-c3ncccc3-c3nc(-c4ccccc4)nc(-c4ccccc4)n3)c2)cc1. The molecule has 0 aliphatic heterocycles. The average molecular weight is 1540 g/mol. The average Bonchev–Trinajstić information content (AvgIpc) is 0.801. The van der Waals surface area contributed by atoms with Crippen LogP contribution in [0.1, 0.15) is 0 Å². The third-order valence-corrected chi connectivity index (χ3v) is 19.8. The van der Waals surface area contributed by atoms with Crippen molar-refractivity contribution >= 4 is 0 Å². The molecule has 120 heavy (non-hydrogen) atoms. The minimum atomic E-state index is 0.484. The van der Waals surface area contributed by atoms with Gasteiger partial charge in [-0.05, 0) is 95.1 Å². The second-order valence-electron chi connectivity index (χ2n) is 27.8. The van der Waals surface area contributed by atoms with E-state index < -0.39 is 0 Å². The Hall–Kier alpha value is -16.9. The largest absolute Gasteiger partial charge is 0.255 e. The zero-order valence-electron chi connectivity index (χ0n) is 64.2. The molecule has 10 aromatic heterocycles. The van der Waals surface area contributed by atoms with Crippen LogP contribution in [0, 0.1) is 0 Å². The first kappa shape index (κ1) is 73.3. The summed E-state index contributed by atoms with van der Waals surface area (Å²) in [7, 11) is 0. The zero-order valence-corrected chi connectivity index (χ0v) is 64.2. The molecule has 0 radical (unpaired) electrons. The van der Waals surface area contributed by atoms with Crippen molar-refractivity contribution in [1.82, 2.24) is 89.7 Å². The molecule has 0 fully saturated rings. The van der Waals surface area contributed by atoms with Crippen molar-refractivity contribution in [3.63, 3.8) is 0 Å². The Labute approximate surface area is 690 Å². The Morgan fingerprint density at radius 3 is 0.567 bits per heavy atom. The molecular formula is C102H66N18. The summed E-state index contributed by atoms with van der Waals surface area (Å²) in [5.41, 5.74) is 19.3. The molecule has 0 N–H and O–H groups in total. The van der Waals surface area contributed by atoms with Crippen LogP contribution in [0.25, 0.3) is 204 Å². The molecular weight excluding hydrogens is 1480 g/mol. The predicted molar refractivity (Wildman–Crippen MR) is 471 cm³/mol. The first-order valence-corrected chi connectivity index (χ1v) is 38.9. The Morgan fingerprint density at radius 2 is 0.317 bits per heavy atom. The fourth-order valence-corrected chi connectivity index (χ4v) is 13.8. The highest BCUT2D eigenvalue weighted by Gasteiger charge is 2.23. The summed E-state index contributed by atoms with van der Waals surface area (Å²) in [5.74, 6) is 6.68. The number of rotatable bonds is 18. The number of aromatic nitrogens is 18. The number of nitrogens with zero attached hydrogens (tertiary/aromatic N) is 18. The van der Waals surface area contributed by atoms with E-state index in [4.69, 9.17) is 89.7 Å². The van der Waals surface area contributed by atoms with E-state index in [1.54, 1.807) is 24.8 Å². The Bertz CT molecular complexity index is 6580. The molecule has 564 valence electrons. The van der Waals surface area contributed by atoms with E-state index in [-0.39, 0.29) is 0 Å². The summed E-state index contributed by atoms with van der Waals surface area (Å²) < 4.78 is 0. The zero-order chi connectivity index (χ0) is 80.2. The van der Waals surface area contributed by atoms with Gasteiger partial charge in [-0.25, -0.2) is 69.8 Å². The van der Waals surface area contributed by atoms with Crippen molar-refractivity contribution in [3.05, 3.63) is 401 Å². The van der Waals surface area contributed by atoms with E-state index in [0.717, 1.165) is 83.5 Å². The molecule has 0 saturated heterocycles. The third kappa shape index (κ3) is 16.5. The van der Waals surface area contributed by atoms with Crippen LogP contribution >= 0.6 is 0 Å². The second-order valence-corrected chi connectivity index (χ2v) is 27.8. The smallest absolute Gasteiger partial charge is 0.166 e. The van der Waals surface area contributed by atoms with Crippen LogP contribution in [0.5, 0.6) is 0 Å². The lowest BCUT2D eigenvalue weighted by Crippen LogP contribution is -2.02. The molecule has 18 nitrogen and oxygen atoms in total. The van der Waals surface area contributed by atoms with Crippen LogP contribution in [0.2, 0.25) is 0 Å². The second kappa shape index (κ2) is 34.1. The van der Waals surface area contributed by atoms with Crippen LogP contribution in [0.3, 0.4) is 0 Å². The van der Waals surface area contributed by atoms with Crippen molar-refractivity contribution in [1.29, 1.82) is 0 Å². The van der Waals surface area contributed by atoms with Crippen LogP contribution < -0.4 is 0 Å². The van der Waals surface area contributed by atoms with Crippen molar-refractivity contribution in [2.45, 2.75) is 0 Å². The van der Waals surface area contributed by atoms with Gasteiger partial charge in [-0.3, -0.25) is 19.9 Å². The van der Waals surface area contributed by atoms with Gasteiger partial charge in [0.05, 0.1) is 45.6 Å². The minimum absolute atomic E-state index is 0.484. The van der Waals surface area contributed by atoms with E-state index in [2.05, 4.69) is 48.5 Å². The topological polar surface area (TPSA) is 232 Å². The summed E-state index contributed by atoms with van der Waals surface area (Å²) in [6, 6.07) is 124. The van der Waals surface area contributed by atoms with Gasteiger partial charge in [0.1, 0.15) is 0 Å². The maximum absolute atomic E-state index is 5.26. The van der Waals surface area contributed by atoms with Crippen LogP contribution in [0.15, 0.2) is 401 Å². The Kier molecular flexibility index (Phi) is 20.8. The van der Waals surface area contributed by atoms with Crippen LogP contribution in [0.4, 0.5) is 0 Å². The molecule has 0 amide bonds. The standard InChI is InChI=1S/2C51H33N9/c1-6-17-34(18-7-1)40-32-43(42-31-39(28-30-52-42)50-57-46(35-19-8-2-9-20-35)55-47(58-50)36-21-10-3-11-22-36)54-44(33-40)45-41(27-16-29-53-45)51-59-48(37-23-12-4-13-24-37)56-49(60-51)38-25-14-5-15-26-38;1-6-16-34(17-7-1)41-32-44(42-30-39(26-28-52-42)50-57-46(35-18-8-2-9-19-35)55-47(58-50)36-20-10-3-11-21-36)54-45(33-41)43-31-40(27-29-53-43)51-59-48(37-22-12-4-13-23-37)56-49(60-51)38-24-14-5-15-25-38/h2*1-33H. The first-order valence-electron chi connectivity index (χ1n) is 38.9. The van der Waals surface area contributed by atoms with Gasteiger partial charge in [-0.2, -0.15) is 0 Å². The van der Waals surface area contributed by atoms with Gasteiger partial charge in [0.15, 0.2) is 69.9 Å².